The smallest absolute Gasteiger partial charge is 0.260 e. The number of amides is 1. The summed E-state index contributed by atoms with van der Waals surface area (Å²) in [6.07, 6.45) is 3.12. The van der Waals surface area contributed by atoms with Crippen molar-refractivity contribution in [1.82, 2.24) is 14.3 Å². The summed E-state index contributed by atoms with van der Waals surface area (Å²) in [7, 11) is 0. The van der Waals surface area contributed by atoms with Crippen molar-refractivity contribution in [3.8, 4) is 0 Å². The quantitative estimate of drug-likeness (QED) is 0.395. The fourth-order valence-corrected chi connectivity index (χ4v) is 5.35. The number of rotatable bonds is 10. The lowest BCUT2D eigenvalue weighted by atomic mass is 9.87. The number of benzene rings is 1. The number of nitrogens with two attached hydrogens (primary N) is 2. The Hall–Kier alpha value is -2.16. The number of nitrogens with zero attached hydrogens (tertiary/aromatic N) is 2. The van der Waals surface area contributed by atoms with Crippen LogP contribution in [-0.2, 0) is 16.9 Å². The SMILES string of the molecule is CCC1(CC)NSc2nc(C(CCCN)CC(N)=O)n(Cc3ccccc3)c(=O)c21. The van der Waals surface area contributed by atoms with Crippen molar-refractivity contribution in [1.29, 1.82) is 0 Å². The van der Waals surface area contributed by atoms with E-state index in [0.717, 1.165) is 30.4 Å². The first-order valence-corrected chi connectivity index (χ1v) is 11.4. The van der Waals surface area contributed by atoms with E-state index in [1.54, 1.807) is 4.57 Å². The van der Waals surface area contributed by atoms with Crippen LogP contribution in [0.25, 0.3) is 0 Å². The Labute approximate surface area is 181 Å². The highest BCUT2D eigenvalue weighted by Gasteiger charge is 2.41. The van der Waals surface area contributed by atoms with Crippen LogP contribution in [0.15, 0.2) is 40.2 Å². The molecule has 0 saturated heterocycles. The third-order valence-corrected chi connectivity index (χ3v) is 6.93. The Balaban J connectivity index is 2.19. The lowest BCUT2D eigenvalue weighted by Gasteiger charge is -2.27. The maximum absolute atomic E-state index is 13.8. The Kier molecular flexibility index (Phi) is 7.33. The van der Waals surface area contributed by atoms with Gasteiger partial charge < -0.3 is 11.5 Å². The maximum Gasteiger partial charge on any atom is 0.260 e. The third-order valence-electron chi connectivity index (χ3n) is 5.95. The zero-order chi connectivity index (χ0) is 21.7. The van der Waals surface area contributed by atoms with Crippen molar-refractivity contribution in [3.05, 3.63) is 57.6 Å². The molecule has 1 atom stereocenters. The van der Waals surface area contributed by atoms with Crippen molar-refractivity contribution in [3.63, 3.8) is 0 Å². The first-order valence-electron chi connectivity index (χ1n) is 10.6. The molecule has 0 bridgehead atoms. The molecule has 0 aliphatic carbocycles. The molecule has 2 aromatic rings. The molecule has 0 radical (unpaired) electrons. The first kappa shape index (κ1) is 22.5. The molecular formula is C22H31N5O2S. The van der Waals surface area contributed by atoms with Crippen LogP contribution in [0, 0.1) is 0 Å². The summed E-state index contributed by atoms with van der Waals surface area (Å²) >= 11 is 1.41. The molecule has 0 spiro atoms. The molecule has 1 aliphatic rings. The average molecular weight is 430 g/mol. The van der Waals surface area contributed by atoms with Crippen LogP contribution in [0.5, 0.6) is 0 Å². The van der Waals surface area contributed by atoms with Gasteiger partial charge in [-0.05, 0) is 49.7 Å². The van der Waals surface area contributed by atoms with Gasteiger partial charge >= 0.3 is 0 Å². The van der Waals surface area contributed by atoms with Gasteiger partial charge in [0.1, 0.15) is 10.9 Å². The summed E-state index contributed by atoms with van der Waals surface area (Å²) in [5, 5.41) is 0.713. The molecule has 0 fully saturated rings. The Morgan fingerprint density at radius 1 is 1.27 bits per heavy atom. The molecule has 30 heavy (non-hydrogen) atoms. The molecule has 1 amide bonds. The van der Waals surface area contributed by atoms with E-state index < -0.39 is 11.4 Å². The number of fused-ring (bicyclic) bond motifs is 1. The summed E-state index contributed by atoms with van der Waals surface area (Å²) in [5.41, 5.74) is 12.6. The zero-order valence-corrected chi connectivity index (χ0v) is 18.5. The summed E-state index contributed by atoms with van der Waals surface area (Å²) in [4.78, 5) is 30.5. The Morgan fingerprint density at radius 2 is 1.97 bits per heavy atom. The second-order valence-electron chi connectivity index (χ2n) is 7.82. The monoisotopic (exact) mass is 429 g/mol. The molecular weight excluding hydrogens is 398 g/mol. The van der Waals surface area contributed by atoms with Crippen LogP contribution in [0.1, 0.15) is 68.8 Å². The normalized spacial score (nSPS) is 15.7. The molecule has 7 nitrogen and oxygen atoms in total. The van der Waals surface area contributed by atoms with Gasteiger partial charge in [0.25, 0.3) is 5.56 Å². The van der Waals surface area contributed by atoms with Gasteiger partial charge in [-0.1, -0.05) is 44.2 Å². The van der Waals surface area contributed by atoms with E-state index in [0.29, 0.717) is 30.4 Å². The standard InChI is InChI=1S/C22H31N5O2S/c1-3-22(4-2)18-20(30-26-22)25-19(16(11-8-12-23)13-17(24)28)27(21(18)29)14-15-9-6-5-7-10-15/h5-7,9-10,16,26H,3-4,8,11-14,23H2,1-2H3,(H2,24,28). The molecule has 0 saturated carbocycles. The average Bonchev–Trinajstić information content (AvgIpc) is 3.13. The van der Waals surface area contributed by atoms with Gasteiger partial charge in [0.05, 0.1) is 17.6 Å². The van der Waals surface area contributed by atoms with E-state index >= 15 is 0 Å². The van der Waals surface area contributed by atoms with Crippen LogP contribution in [0.3, 0.4) is 0 Å². The lowest BCUT2D eigenvalue weighted by Crippen LogP contribution is -2.41. The van der Waals surface area contributed by atoms with Crippen LogP contribution in [-0.4, -0.2) is 22.0 Å². The highest BCUT2D eigenvalue weighted by Crippen LogP contribution is 2.41. The zero-order valence-electron chi connectivity index (χ0n) is 17.7. The third kappa shape index (κ3) is 4.45. The molecule has 8 heteroatoms. The van der Waals surface area contributed by atoms with Crippen molar-refractivity contribution in [2.75, 3.05) is 6.54 Å². The van der Waals surface area contributed by atoms with Crippen LogP contribution in [0.4, 0.5) is 0 Å². The number of carbonyl (C=O) groups is 1. The van der Waals surface area contributed by atoms with Gasteiger partial charge in [0.2, 0.25) is 5.91 Å². The van der Waals surface area contributed by atoms with E-state index in [1.807, 2.05) is 30.3 Å². The van der Waals surface area contributed by atoms with Gasteiger partial charge in [0.15, 0.2) is 0 Å². The van der Waals surface area contributed by atoms with Gasteiger partial charge in [0, 0.05) is 12.3 Å². The van der Waals surface area contributed by atoms with Gasteiger partial charge in [-0.3, -0.25) is 14.2 Å². The minimum atomic E-state index is -0.403. The van der Waals surface area contributed by atoms with Crippen molar-refractivity contribution in [2.45, 2.75) is 69.0 Å². The van der Waals surface area contributed by atoms with E-state index in [-0.39, 0.29) is 17.9 Å². The second-order valence-corrected chi connectivity index (χ2v) is 8.61. The number of hydrogen-bond acceptors (Lipinski definition) is 6. The summed E-state index contributed by atoms with van der Waals surface area (Å²) < 4.78 is 5.19. The van der Waals surface area contributed by atoms with E-state index in [2.05, 4.69) is 18.6 Å². The number of aromatic nitrogens is 2. The molecule has 5 N–H and O–H groups in total. The minimum Gasteiger partial charge on any atom is -0.370 e. The van der Waals surface area contributed by atoms with Crippen LogP contribution < -0.4 is 21.7 Å². The van der Waals surface area contributed by atoms with Crippen LogP contribution >= 0.6 is 11.9 Å². The number of hydrogen-bond donors (Lipinski definition) is 3. The maximum atomic E-state index is 13.8. The molecule has 1 aliphatic heterocycles. The van der Waals surface area contributed by atoms with Crippen molar-refractivity contribution in [2.24, 2.45) is 11.5 Å². The van der Waals surface area contributed by atoms with Crippen molar-refractivity contribution < 1.29 is 4.79 Å². The predicted molar refractivity (Wildman–Crippen MR) is 120 cm³/mol. The molecule has 1 unspecified atom stereocenters. The fraction of sp³-hybridized carbons (Fsp3) is 0.500. The van der Waals surface area contributed by atoms with E-state index in [1.165, 1.54) is 11.9 Å². The van der Waals surface area contributed by atoms with E-state index in [9.17, 15) is 9.59 Å². The largest absolute Gasteiger partial charge is 0.370 e. The van der Waals surface area contributed by atoms with Gasteiger partial charge in [-0.15, -0.1) is 0 Å². The van der Waals surface area contributed by atoms with Gasteiger partial charge in [-0.25, -0.2) is 9.71 Å². The molecule has 1 aromatic heterocycles. The van der Waals surface area contributed by atoms with E-state index in [4.69, 9.17) is 16.5 Å². The first-order chi connectivity index (χ1) is 14.5. The van der Waals surface area contributed by atoms with Gasteiger partial charge in [-0.2, -0.15) is 0 Å². The topological polar surface area (TPSA) is 116 Å². The van der Waals surface area contributed by atoms with Crippen molar-refractivity contribution >= 4 is 17.9 Å². The predicted octanol–water partition coefficient (Wildman–Crippen LogP) is 2.62. The molecule has 2 heterocycles. The number of primary amides is 1. The second kappa shape index (κ2) is 9.76. The minimum absolute atomic E-state index is 0.0396. The van der Waals surface area contributed by atoms with Crippen LogP contribution in [0.2, 0.25) is 0 Å². The summed E-state index contributed by atoms with van der Waals surface area (Å²) in [5.74, 6) is -0.0287. The highest BCUT2D eigenvalue weighted by molar-refractivity contribution is 7.97. The molecule has 3 rings (SSSR count). The number of nitrogens with one attached hydrogen (secondary N) is 1. The Morgan fingerprint density at radius 3 is 2.57 bits per heavy atom. The highest BCUT2D eigenvalue weighted by atomic mass is 32.2. The summed E-state index contributed by atoms with van der Waals surface area (Å²) in [6, 6.07) is 9.84. The fourth-order valence-electron chi connectivity index (χ4n) is 4.14. The molecule has 1 aromatic carbocycles. The Bertz CT molecular complexity index is 941. The summed E-state index contributed by atoms with van der Waals surface area (Å²) in [6.45, 7) is 5.08. The number of carbonyl (C=O) groups excluding carboxylic acids is 1. The molecule has 162 valence electrons. The lowest BCUT2D eigenvalue weighted by molar-refractivity contribution is -0.118.